The zero-order valence-electron chi connectivity index (χ0n) is 13.6. The molecule has 1 unspecified atom stereocenters. The summed E-state index contributed by atoms with van der Waals surface area (Å²) in [6.07, 6.45) is 0. The number of thioether (sulfide) groups is 1. The van der Waals surface area contributed by atoms with E-state index < -0.39 is 5.25 Å². The second kappa shape index (κ2) is 6.78. The molecule has 0 aliphatic carbocycles. The minimum absolute atomic E-state index is 0.0362. The van der Waals surface area contributed by atoms with Gasteiger partial charge in [-0.3, -0.25) is 14.2 Å². The lowest BCUT2D eigenvalue weighted by molar-refractivity contribution is -0.128. The van der Waals surface area contributed by atoms with Gasteiger partial charge in [0.1, 0.15) is 9.95 Å². The van der Waals surface area contributed by atoms with Gasteiger partial charge in [-0.05, 0) is 17.0 Å². The van der Waals surface area contributed by atoms with Crippen molar-refractivity contribution in [3.8, 4) is 0 Å². The molecule has 24 heavy (non-hydrogen) atoms. The summed E-state index contributed by atoms with van der Waals surface area (Å²) in [5.41, 5.74) is 1.48. The van der Waals surface area contributed by atoms with E-state index in [2.05, 4.69) is 4.98 Å². The standard InChI is InChI=1S/C17H17N3O2S2/c1-19(2)15(21)13(11-7-5-4-6-8-11)24-17-18-12-9-10-23-14(12)16(22)20(17)3/h4-10,13H,1-3H3. The Balaban J connectivity index is 2.06. The van der Waals surface area contributed by atoms with Crippen molar-refractivity contribution in [3.05, 3.63) is 57.7 Å². The van der Waals surface area contributed by atoms with Crippen LogP contribution in [0.4, 0.5) is 0 Å². The molecule has 0 saturated heterocycles. The molecule has 124 valence electrons. The van der Waals surface area contributed by atoms with Crippen LogP contribution in [0, 0.1) is 0 Å². The summed E-state index contributed by atoms with van der Waals surface area (Å²) in [7, 11) is 5.15. The zero-order chi connectivity index (χ0) is 17.3. The minimum atomic E-state index is -0.449. The van der Waals surface area contributed by atoms with Gasteiger partial charge in [0.25, 0.3) is 5.56 Å². The fourth-order valence-corrected chi connectivity index (χ4v) is 4.31. The van der Waals surface area contributed by atoms with E-state index in [-0.39, 0.29) is 11.5 Å². The molecule has 2 heterocycles. The molecule has 1 aromatic carbocycles. The first-order valence-corrected chi connectivity index (χ1v) is 9.12. The number of aromatic nitrogens is 2. The first-order valence-electron chi connectivity index (χ1n) is 7.36. The van der Waals surface area contributed by atoms with E-state index in [0.717, 1.165) is 5.56 Å². The number of carbonyl (C=O) groups excluding carboxylic acids is 1. The van der Waals surface area contributed by atoms with Crippen molar-refractivity contribution >= 4 is 39.2 Å². The monoisotopic (exact) mass is 359 g/mol. The SMILES string of the molecule is CN(C)C(=O)C(Sc1nc2ccsc2c(=O)n1C)c1ccccc1. The maximum Gasteiger partial charge on any atom is 0.271 e. The van der Waals surface area contributed by atoms with Crippen LogP contribution in [0.15, 0.2) is 51.7 Å². The summed E-state index contributed by atoms with van der Waals surface area (Å²) >= 11 is 2.69. The number of fused-ring (bicyclic) bond motifs is 1. The molecule has 1 amide bonds. The minimum Gasteiger partial charge on any atom is -0.348 e. The fourth-order valence-electron chi connectivity index (χ4n) is 2.30. The molecule has 7 heteroatoms. The largest absolute Gasteiger partial charge is 0.348 e. The Morgan fingerprint density at radius 1 is 1.25 bits per heavy atom. The van der Waals surface area contributed by atoms with Gasteiger partial charge in [-0.25, -0.2) is 4.98 Å². The van der Waals surface area contributed by atoms with Crippen molar-refractivity contribution in [1.29, 1.82) is 0 Å². The van der Waals surface area contributed by atoms with Crippen molar-refractivity contribution < 1.29 is 4.79 Å². The number of hydrogen-bond acceptors (Lipinski definition) is 5. The van der Waals surface area contributed by atoms with Gasteiger partial charge in [0.15, 0.2) is 5.16 Å². The molecule has 0 aliphatic heterocycles. The maximum atomic E-state index is 12.6. The summed E-state index contributed by atoms with van der Waals surface area (Å²) in [6.45, 7) is 0. The van der Waals surface area contributed by atoms with E-state index in [4.69, 9.17) is 0 Å². The highest BCUT2D eigenvalue weighted by atomic mass is 32.2. The Bertz CT molecular complexity index is 932. The first-order chi connectivity index (χ1) is 11.5. The number of benzene rings is 1. The summed E-state index contributed by atoms with van der Waals surface area (Å²) < 4.78 is 2.15. The molecule has 2 aromatic heterocycles. The fraction of sp³-hybridized carbons (Fsp3) is 0.235. The quantitative estimate of drug-likeness (QED) is 0.531. The van der Waals surface area contributed by atoms with Crippen LogP contribution in [0.3, 0.4) is 0 Å². The summed E-state index contributed by atoms with van der Waals surface area (Å²) in [6, 6.07) is 11.4. The van der Waals surface area contributed by atoms with Crippen LogP contribution in [0.25, 0.3) is 10.2 Å². The lowest BCUT2D eigenvalue weighted by Crippen LogP contribution is -2.27. The van der Waals surface area contributed by atoms with Crippen LogP contribution in [0.1, 0.15) is 10.8 Å². The highest BCUT2D eigenvalue weighted by molar-refractivity contribution is 8.00. The van der Waals surface area contributed by atoms with E-state index in [1.165, 1.54) is 27.7 Å². The van der Waals surface area contributed by atoms with Crippen LogP contribution in [-0.4, -0.2) is 34.5 Å². The van der Waals surface area contributed by atoms with Crippen LogP contribution in [0.2, 0.25) is 0 Å². The van der Waals surface area contributed by atoms with Gasteiger partial charge in [0.05, 0.1) is 5.52 Å². The van der Waals surface area contributed by atoms with Gasteiger partial charge in [-0.15, -0.1) is 11.3 Å². The molecule has 0 spiro atoms. The molecule has 1 atom stereocenters. The maximum absolute atomic E-state index is 12.6. The first kappa shape index (κ1) is 16.7. The van der Waals surface area contributed by atoms with Gasteiger partial charge in [0.2, 0.25) is 5.91 Å². The van der Waals surface area contributed by atoms with E-state index in [1.807, 2.05) is 41.8 Å². The Kier molecular flexibility index (Phi) is 4.73. The molecule has 0 fully saturated rings. The predicted molar refractivity (Wildman–Crippen MR) is 98.6 cm³/mol. The predicted octanol–water partition coefficient (Wildman–Crippen LogP) is 2.92. The molecule has 0 N–H and O–H groups in total. The Labute approximate surface area is 147 Å². The molecule has 3 rings (SSSR count). The zero-order valence-corrected chi connectivity index (χ0v) is 15.2. The molecule has 3 aromatic rings. The number of hydrogen-bond donors (Lipinski definition) is 0. The van der Waals surface area contributed by atoms with Crippen LogP contribution in [0.5, 0.6) is 0 Å². The number of rotatable bonds is 4. The van der Waals surface area contributed by atoms with Gasteiger partial charge in [0, 0.05) is 21.1 Å². The summed E-state index contributed by atoms with van der Waals surface area (Å²) in [4.78, 5) is 31.2. The third kappa shape index (κ3) is 3.09. The number of carbonyl (C=O) groups is 1. The van der Waals surface area contributed by atoms with Crippen LogP contribution in [-0.2, 0) is 11.8 Å². The second-order valence-electron chi connectivity index (χ2n) is 5.53. The molecule has 0 radical (unpaired) electrons. The van der Waals surface area contributed by atoms with Crippen LogP contribution < -0.4 is 5.56 Å². The highest BCUT2D eigenvalue weighted by Crippen LogP contribution is 2.35. The van der Waals surface area contributed by atoms with E-state index in [1.54, 1.807) is 26.0 Å². The van der Waals surface area contributed by atoms with Crippen molar-refractivity contribution in [2.75, 3.05) is 14.1 Å². The van der Waals surface area contributed by atoms with Crippen LogP contribution >= 0.6 is 23.1 Å². The molecule has 0 aliphatic rings. The molecule has 5 nitrogen and oxygen atoms in total. The molecule has 0 bridgehead atoms. The number of nitrogens with zero attached hydrogens (tertiary/aromatic N) is 3. The molecular weight excluding hydrogens is 342 g/mol. The van der Waals surface area contributed by atoms with E-state index in [9.17, 15) is 9.59 Å². The summed E-state index contributed by atoms with van der Waals surface area (Å²) in [5.74, 6) is -0.0362. The Hall–Kier alpha value is -2.12. The van der Waals surface area contributed by atoms with Gasteiger partial charge < -0.3 is 4.90 Å². The number of likely N-dealkylation sites (N-methyl/N-ethyl adjacent to an activating group) is 1. The van der Waals surface area contributed by atoms with E-state index in [0.29, 0.717) is 15.4 Å². The lowest BCUT2D eigenvalue weighted by atomic mass is 10.1. The molecule has 0 saturated carbocycles. The van der Waals surface area contributed by atoms with Crippen molar-refractivity contribution in [2.24, 2.45) is 7.05 Å². The second-order valence-corrected chi connectivity index (χ2v) is 7.52. The van der Waals surface area contributed by atoms with Gasteiger partial charge >= 0.3 is 0 Å². The van der Waals surface area contributed by atoms with Crippen molar-refractivity contribution in [2.45, 2.75) is 10.4 Å². The third-order valence-electron chi connectivity index (χ3n) is 3.64. The highest BCUT2D eigenvalue weighted by Gasteiger charge is 2.25. The smallest absolute Gasteiger partial charge is 0.271 e. The Morgan fingerprint density at radius 3 is 2.62 bits per heavy atom. The number of thiophene rings is 1. The third-order valence-corrected chi connectivity index (χ3v) is 5.81. The van der Waals surface area contributed by atoms with Gasteiger partial charge in [-0.1, -0.05) is 42.1 Å². The topological polar surface area (TPSA) is 55.2 Å². The van der Waals surface area contributed by atoms with Crippen molar-refractivity contribution in [1.82, 2.24) is 14.5 Å². The average Bonchev–Trinajstić information content (AvgIpc) is 3.05. The van der Waals surface area contributed by atoms with E-state index >= 15 is 0 Å². The lowest BCUT2D eigenvalue weighted by Gasteiger charge is -2.21. The number of amides is 1. The molecular formula is C17H17N3O2S2. The normalized spacial score (nSPS) is 12.3. The average molecular weight is 359 g/mol. The van der Waals surface area contributed by atoms with Crippen molar-refractivity contribution in [3.63, 3.8) is 0 Å². The van der Waals surface area contributed by atoms with Gasteiger partial charge in [-0.2, -0.15) is 0 Å². The summed E-state index contributed by atoms with van der Waals surface area (Å²) in [5, 5.41) is 1.94. The Morgan fingerprint density at radius 2 is 1.96 bits per heavy atom.